The largest absolute Gasteiger partial charge is 0.207 e. The van der Waals surface area contributed by atoms with Gasteiger partial charge in [0.05, 0.1) is 0 Å². The first-order valence-corrected chi connectivity index (χ1v) is 6.39. The molecule has 0 heterocycles. The number of hydrogen-bond acceptors (Lipinski definition) is 0. The smallest absolute Gasteiger partial charge is 0.123 e. The summed E-state index contributed by atoms with van der Waals surface area (Å²) in [6.45, 7) is 0. The minimum absolute atomic E-state index is 0.259. The highest BCUT2D eigenvalue weighted by atomic mass is 35.5. The van der Waals surface area contributed by atoms with Crippen LogP contribution in [-0.4, -0.2) is 5.88 Å². The van der Waals surface area contributed by atoms with Crippen molar-refractivity contribution in [2.75, 3.05) is 5.88 Å². The van der Waals surface area contributed by atoms with Crippen molar-refractivity contribution >= 4 is 34.9 Å². The Kier molecular flexibility index (Phi) is 4.40. The van der Waals surface area contributed by atoms with Crippen molar-refractivity contribution in [3.63, 3.8) is 0 Å². The summed E-state index contributed by atoms with van der Waals surface area (Å²) < 4.78 is 12.9. The molecule has 0 nitrogen and oxygen atoms in total. The van der Waals surface area contributed by atoms with Crippen molar-refractivity contribution < 1.29 is 4.39 Å². The second-order valence-corrected chi connectivity index (χ2v) is 4.51. The molecule has 0 bridgehead atoms. The molecule has 0 saturated heterocycles. The average molecular weight is 281 g/mol. The van der Waals surface area contributed by atoms with Gasteiger partial charge in [-0.05, 0) is 41.0 Å². The van der Waals surface area contributed by atoms with E-state index < -0.39 is 0 Å². The molecule has 0 spiro atoms. The van der Waals surface area contributed by atoms with Gasteiger partial charge in [0.1, 0.15) is 5.82 Å². The molecule has 0 atom stereocenters. The van der Waals surface area contributed by atoms with Gasteiger partial charge < -0.3 is 0 Å². The van der Waals surface area contributed by atoms with Crippen LogP contribution in [0.3, 0.4) is 0 Å². The summed E-state index contributed by atoms with van der Waals surface area (Å²) in [7, 11) is 0. The summed E-state index contributed by atoms with van der Waals surface area (Å²) in [5.74, 6) is 0.0852. The summed E-state index contributed by atoms with van der Waals surface area (Å²) in [4.78, 5) is 0. The van der Waals surface area contributed by atoms with Crippen LogP contribution < -0.4 is 0 Å². The molecule has 0 saturated carbocycles. The van der Waals surface area contributed by atoms with Crippen LogP contribution in [0.2, 0.25) is 5.02 Å². The Morgan fingerprint density at radius 3 is 2.33 bits per heavy atom. The molecule has 0 aliphatic carbocycles. The van der Waals surface area contributed by atoms with Crippen LogP contribution in [0.25, 0.3) is 11.6 Å². The zero-order valence-electron chi connectivity index (χ0n) is 9.54. The fourth-order valence-electron chi connectivity index (χ4n) is 1.64. The summed E-state index contributed by atoms with van der Waals surface area (Å²) in [5.41, 5.74) is 2.70. The first-order chi connectivity index (χ1) is 8.70. The van der Waals surface area contributed by atoms with Crippen LogP contribution in [0.4, 0.5) is 4.39 Å². The number of halogens is 3. The highest BCUT2D eigenvalue weighted by Crippen LogP contribution is 2.24. The van der Waals surface area contributed by atoms with Crippen molar-refractivity contribution in [1.29, 1.82) is 0 Å². The fourth-order valence-corrected chi connectivity index (χ4v) is 2.06. The Labute approximate surface area is 116 Å². The summed E-state index contributed by atoms with van der Waals surface area (Å²) in [5, 5.41) is 0.669. The summed E-state index contributed by atoms with van der Waals surface area (Å²) >= 11 is 12.0. The minimum Gasteiger partial charge on any atom is -0.207 e. The zero-order valence-corrected chi connectivity index (χ0v) is 11.0. The Bertz CT molecular complexity index is 559. The highest BCUT2D eigenvalue weighted by Gasteiger charge is 2.03. The molecular weight excluding hydrogens is 270 g/mol. The van der Waals surface area contributed by atoms with Crippen molar-refractivity contribution in [3.8, 4) is 0 Å². The third-order valence-corrected chi connectivity index (χ3v) is 3.23. The van der Waals surface area contributed by atoms with E-state index in [2.05, 4.69) is 0 Å². The van der Waals surface area contributed by atoms with Gasteiger partial charge in [-0.1, -0.05) is 41.9 Å². The molecule has 18 heavy (non-hydrogen) atoms. The average Bonchev–Trinajstić information content (AvgIpc) is 2.39. The molecular formula is C15H11Cl2F. The second kappa shape index (κ2) is 6.03. The maximum absolute atomic E-state index is 12.9. The SMILES string of the molecule is Fc1ccc(/C(=C/c2ccccc2Cl)CCl)cc1. The molecule has 0 aromatic heterocycles. The van der Waals surface area contributed by atoms with Gasteiger partial charge in [0.2, 0.25) is 0 Å². The van der Waals surface area contributed by atoms with Crippen molar-refractivity contribution in [2.45, 2.75) is 0 Å². The van der Waals surface area contributed by atoms with Crippen molar-refractivity contribution in [3.05, 3.63) is 70.5 Å². The molecule has 0 unspecified atom stereocenters. The van der Waals surface area contributed by atoms with Crippen LogP contribution in [0.15, 0.2) is 48.5 Å². The van der Waals surface area contributed by atoms with Crippen LogP contribution in [0.5, 0.6) is 0 Å². The van der Waals surface area contributed by atoms with E-state index in [4.69, 9.17) is 23.2 Å². The van der Waals surface area contributed by atoms with Crippen LogP contribution in [0.1, 0.15) is 11.1 Å². The Morgan fingerprint density at radius 2 is 1.72 bits per heavy atom. The van der Waals surface area contributed by atoms with E-state index >= 15 is 0 Å². The lowest BCUT2D eigenvalue weighted by atomic mass is 10.0. The van der Waals surface area contributed by atoms with Crippen molar-refractivity contribution in [1.82, 2.24) is 0 Å². The van der Waals surface area contributed by atoms with Gasteiger partial charge in [0.25, 0.3) is 0 Å². The molecule has 0 amide bonds. The standard InChI is InChI=1S/C15H11Cl2F/c16-10-13(11-5-7-14(18)8-6-11)9-12-3-1-2-4-15(12)17/h1-9H,10H2/b13-9+. The summed E-state index contributed by atoms with van der Waals surface area (Å²) in [6.07, 6.45) is 1.92. The van der Waals surface area contributed by atoms with Gasteiger partial charge in [-0.2, -0.15) is 0 Å². The molecule has 0 aliphatic heterocycles. The molecule has 0 fully saturated rings. The first-order valence-electron chi connectivity index (χ1n) is 5.47. The lowest BCUT2D eigenvalue weighted by Crippen LogP contribution is -1.87. The molecule has 0 aliphatic rings. The molecule has 2 rings (SSSR count). The van der Waals surface area contributed by atoms with E-state index in [1.54, 1.807) is 12.1 Å². The van der Waals surface area contributed by atoms with Crippen molar-refractivity contribution in [2.24, 2.45) is 0 Å². The van der Waals surface area contributed by atoms with Gasteiger partial charge in [0.15, 0.2) is 0 Å². The Morgan fingerprint density at radius 1 is 1.06 bits per heavy atom. The molecule has 92 valence electrons. The molecule has 2 aromatic rings. The van der Waals surface area contributed by atoms with Gasteiger partial charge in [-0.15, -0.1) is 11.6 Å². The minimum atomic E-state index is -0.259. The Hall–Kier alpha value is -1.31. The van der Waals surface area contributed by atoms with E-state index in [1.807, 2.05) is 30.3 Å². The van der Waals surface area contributed by atoms with E-state index in [-0.39, 0.29) is 5.82 Å². The number of hydrogen-bond donors (Lipinski definition) is 0. The maximum atomic E-state index is 12.9. The van der Waals surface area contributed by atoms with Gasteiger partial charge in [0, 0.05) is 10.9 Å². The van der Waals surface area contributed by atoms with Crippen LogP contribution in [0, 0.1) is 5.82 Å². The van der Waals surface area contributed by atoms with Crippen LogP contribution in [-0.2, 0) is 0 Å². The molecule has 0 radical (unpaired) electrons. The summed E-state index contributed by atoms with van der Waals surface area (Å²) in [6, 6.07) is 13.8. The van der Waals surface area contributed by atoms with Crippen LogP contribution >= 0.6 is 23.2 Å². The van der Waals surface area contributed by atoms with Gasteiger partial charge in [-0.25, -0.2) is 4.39 Å². The second-order valence-electron chi connectivity index (χ2n) is 3.83. The highest BCUT2D eigenvalue weighted by molar-refractivity contribution is 6.32. The number of alkyl halides is 1. The van der Waals surface area contributed by atoms with E-state index in [1.165, 1.54) is 12.1 Å². The van der Waals surface area contributed by atoms with Gasteiger partial charge >= 0.3 is 0 Å². The quantitative estimate of drug-likeness (QED) is 0.532. The monoisotopic (exact) mass is 280 g/mol. The Balaban J connectivity index is 2.40. The normalized spacial score (nSPS) is 11.6. The maximum Gasteiger partial charge on any atom is 0.123 e. The predicted molar refractivity (Wildman–Crippen MR) is 76.4 cm³/mol. The number of allylic oxidation sites excluding steroid dienone is 1. The van der Waals surface area contributed by atoms with E-state index in [9.17, 15) is 4.39 Å². The topological polar surface area (TPSA) is 0 Å². The number of rotatable bonds is 3. The van der Waals surface area contributed by atoms with Gasteiger partial charge in [-0.3, -0.25) is 0 Å². The molecule has 3 heteroatoms. The first kappa shape index (κ1) is 13.1. The fraction of sp³-hybridized carbons (Fsp3) is 0.0667. The predicted octanol–water partition coefficient (Wildman–Crippen LogP) is 5.26. The zero-order chi connectivity index (χ0) is 13.0. The van der Waals surface area contributed by atoms with E-state index in [0.29, 0.717) is 10.9 Å². The van der Waals surface area contributed by atoms with E-state index in [0.717, 1.165) is 16.7 Å². The molecule has 0 N–H and O–H groups in total. The third-order valence-electron chi connectivity index (χ3n) is 2.59. The lowest BCUT2D eigenvalue weighted by Gasteiger charge is -2.05. The third kappa shape index (κ3) is 3.12. The lowest BCUT2D eigenvalue weighted by molar-refractivity contribution is 0.627. The number of benzene rings is 2. The molecule has 2 aromatic carbocycles.